The molecule has 1 aromatic carbocycles. The van der Waals surface area contributed by atoms with Crippen molar-refractivity contribution in [2.24, 2.45) is 23.2 Å². The number of halogens is 1. The number of sulfonamides is 1. The van der Waals surface area contributed by atoms with Gasteiger partial charge in [0, 0.05) is 24.4 Å². The van der Waals surface area contributed by atoms with Gasteiger partial charge in [-0.2, -0.15) is 4.31 Å². The molecular formula is C23H30ClN3O5S. The summed E-state index contributed by atoms with van der Waals surface area (Å²) in [5, 5.41) is 10.5. The van der Waals surface area contributed by atoms with Crippen LogP contribution >= 0.6 is 11.6 Å². The number of β-amino-alcohol motifs (C(OH)–C–C–N with tert-alkyl or cyclic N) is 1. The number of carbonyl (C=O) groups excluding carboxylic acids is 2. The van der Waals surface area contributed by atoms with E-state index in [2.05, 4.69) is 10.9 Å². The summed E-state index contributed by atoms with van der Waals surface area (Å²) in [7, 11) is -4.02. The molecule has 4 saturated carbocycles. The lowest BCUT2D eigenvalue weighted by Crippen LogP contribution is -2.53. The maximum Gasteiger partial charge on any atom is 0.256 e. The highest BCUT2D eigenvalue weighted by molar-refractivity contribution is 7.89. The van der Waals surface area contributed by atoms with E-state index in [1.807, 2.05) is 0 Å². The highest BCUT2D eigenvalue weighted by Gasteiger charge is 2.51. The fourth-order valence-corrected chi connectivity index (χ4v) is 8.90. The Balaban J connectivity index is 1.21. The molecule has 5 aliphatic rings. The van der Waals surface area contributed by atoms with Crippen LogP contribution in [0, 0.1) is 23.2 Å². The molecule has 8 nitrogen and oxygen atoms in total. The first kappa shape index (κ1) is 23.1. The van der Waals surface area contributed by atoms with Crippen molar-refractivity contribution in [3.63, 3.8) is 0 Å². The molecule has 0 unspecified atom stereocenters. The van der Waals surface area contributed by atoms with Crippen LogP contribution in [-0.4, -0.2) is 48.3 Å². The van der Waals surface area contributed by atoms with Crippen molar-refractivity contribution in [3.05, 3.63) is 29.3 Å². The van der Waals surface area contributed by atoms with Gasteiger partial charge in [-0.15, -0.1) is 0 Å². The Morgan fingerprint density at radius 3 is 2.15 bits per heavy atom. The largest absolute Gasteiger partial charge is 0.392 e. The lowest BCUT2D eigenvalue weighted by Gasteiger charge is -2.56. The van der Waals surface area contributed by atoms with Crippen molar-refractivity contribution in [1.82, 2.24) is 15.2 Å². The number of nitrogens with one attached hydrogen (secondary N) is 2. The number of nitrogens with zero attached hydrogens (tertiary/aromatic N) is 1. The number of aliphatic hydroxyl groups is 1. The fourth-order valence-electron chi connectivity index (χ4n) is 7.14. The van der Waals surface area contributed by atoms with Gasteiger partial charge in [-0.3, -0.25) is 20.4 Å². The maximum atomic E-state index is 13.1. The molecule has 0 radical (unpaired) electrons. The molecule has 2 amide bonds. The summed E-state index contributed by atoms with van der Waals surface area (Å²) in [4.78, 5) is 25.6. The van der Waals surface area contributed by atoms with Gasteiger partial charge in [0.05, 0.1) is 11.0 Å². The summed E-state index contributed by atoms with van der Waals surface area (Å²) in [5.74, 6) is 1.29. The van der Waals surface area contributed by atoms with Crippen molar-refractivity contribution in [2.75, 3.05) is 6.54 Å². The van der Waals surface area contributed by atoms with Crippen molar-refractivity contribution in [2.45, 2.75) is 68.4 Å². The van der Waals surface area contributed by atoms with Crippen molar-refractivity contribution < 1.29 is 23.1 Å². The summed E-state index contributed by atoms with van der Waals surface area (Å²) in [6, 6.07) is 4.54. The van der Waals surface area contributed by atoms with Crippen molar-refractivity contribution in [3.8, 4) is 0 Å². The van der Waals surface area contributed by atoms with Gasteiger partial charge in [0.2, 0.25) is 15.9 Å². The first-order valence-electron chi connectivity index (χ1n) is 11.7. The Bertz CT molecular complexity index is 1010. The van der Waals surface area contributed by atoms with E-state index in [4.69, 9.17) is 11.6 Å². The minimum atomic E-state index is -4.02. The molecule has 1 aromatic rings. The predicted octanol–water partition coefficient (Wildman–Crippen LogP) is 2.22. The molecule has 180 valence electrons. The normalized spacial score (nSPS) is 35.5. The number of benzene rings is 1. The number of hydrogen-bond donors (Lipinski definition) is 3. The number of rotatable bonds is 5. The Hall–Kier alpha value is -1.68. The summed E-state index contributed by atoms with van der Waals surface area (Å²) >= 11 is 5.85. The van der Waals surface area contributed by atoms with Gasteiger partial charge in [-0.1, -0.05) is 11.6 Å². The number of amides is 2. The maximum absolute atomic E-state index is 13.1. The number of aliphatic hydroxyl groups excluding tert-OH is 1. The molecule has 2 atom stereocenters. The van der Waals surface area contributed by atoms with Crippen LogP contribution < -0.4 is 10.9 Å². The van der Waals surface area contributed by atoms with Gasteiger partial charge < -0.3 is 5.11 Å². The summed E-state index contributed by atoms with van der Waals surface area (Å²) in [6.07, 6.45) is 6.51. The topological polar surface area (TPSA) is 116 Å². The first-order chi connectivity index (χ1) is 15.6. The van der Waals surface area contributed by atoms with E-state index in [-0.39, 0.29) is 29.2 Å². The molecule has 4 bridgehead atoms. The molecule has 4 aliphatic carbocycles. The second kappa shape index (κ2) is 8.52. The summed E-state index contributed by atoms with van der Waals surface area (Å²) in [5.41, 5.74) is 4.96. The zero-order valence-corrected chi connectivity index (χ0v) is 19.9. The van der Waals surface area contributed by atoms with E-state index >= 15 is 0 Å². The average Bonchev–Trinajstić information content (AvgIpc) is 3.14. The Morgan fingerprint density at radius 2 is 1.58 bits per heavy atom. The second-order valence-electron chi connectivity index (χ2n) is 10.6. The number of hydrazine groups is 1. The molecular weight excluding hydrogens is 466 g/mol. The quantitative estimate of drug-likeness (QED) is 0.542. The molecule has 1 heterocycles. The van der Waals surface area contributed by atoms with Crippen LogP contribution in [0.2, 0.25) is 5.02 Å². The van der Waals surface area contributed by atoms with E-state index in [0.29, 0.717) is 11.4 Å². The molecule has 33 heavy (non-hydrogen) atoms. The third-order valence-corrected chi connectivity index (χ3v) is 10.1. The van der Waals surface area contributed by atoms with Crippen LogP contribution in [0.5, 0.6) is 0 Å². The van der Waals surface area contributed by atoms with Crippen LogP contribution in [-0.2, 0) is 19.6 Å². The van der Waals surface area contributed by atoms with E-state index < -0.39 is 28.1 Å². The van der Waals surface area contributed by atoms with E-state index in [0.717, 1.165) is 41.3 Å². The molecule has 1 aliphatic heterocycles. The zero-order valence-electron chi connectivity index (χ0n) is 18.4. The molecule has 6 rings (SSSR count). The summed E-state index contributed by atoms with van der Waals surface area (Å²) in [6.45, 7) is -0.190. The van der Waals surface area contributed by atoms with Gasteiger partial charge in [-0.25, -0.2) is 8.42 Å². The Kier molecular flexibility index (Phi) is 5.96. The minimum absolute atomic E-state index is 0.00958. The van der Waals surface area contributed by atoms with E-state index in [9.17, 15) is 23.1 Å². The van der Waals surface area contributed by atoms with Gasteiger partial charge >= 0.3 is 0 Å². The molecule has 3 N–H and O–H groups in total. The number of carbonyl (C=O) groups is 2. The molecule has 5 fully saturated rings. The van der Waals surface area contributed by atoms with Crippen LogP contribution in [0.1, 0.15) is 51.4 Å². The Morgan fingerprint density at radius 1 is 1.00 bits per heavy atom. The SMILES string of the molecule is O=C(CC12CC3CC(CC(C3)C1)C2)NNC(=O)[C@H]1C[C@@H](O)CN1S(=O)(=O)c1ccc(Cl)cc1. The molecule has 1 saturated heterocycles. The Labute approximate surface area is 199 Å². The minimum Gasteiger partial charge on any atom is -0.392 e. The van der Waals surface area contributed by atoms with Gasteiger partial charge in [0.1, 0.15) is 6.04 Å². The number of hydrogen-bond acceptors (Lipinski definition) is 5. The first-order valence-corrected chi connectivity index (χ1v) is 13.5. The van der Waals surface area contributed by atoms with Crippen LogP contribution in [0.4, 0.5) is 0 Å². The van der Waals surface area contributed by atoms with E-state index in [1.165, 1.54) is 43.5 Å². The average molecular weight is 496 g/mol. The van der Waals surface area contributed by atoms with Crippen LogP contribution in [0.25, 0.3) is 0 Å². The monoisotopic (exact) mass is 495 g/mol. The predicted molar refractivity (Wildman–Crippen MR) is 121 cm³/mol. The molecule has 0 spiro atoms. The lowest BCUT2D eigenvalue weighted by molar-refractivity contribution is -0.135. The third-order valence-electron chi connectivity index (χ3n) is 7.98. The fraction of sp³-hybridized carbons (Fsp3) is 0.652. The second-order valence-corrected chi connectivity index (χ2v) is 12.9. The van der Waals surface area contributed by atoms with E-state index in [1.54, 1.807) is 0 Å². The van der Waals surface area contributed by atoms with Crippen molar-refractivity contribution in [1.29, 1.82) is 0 Å². The zero-order chi connectivity index (χ0) is 23.4. The third kappa shape index (κ3) is 4.52. The highest BCUT2D eigenvalue weighted by atomic mass is 35.5. The lowest BCUT2D eigenvalue weighted by atomic mass is 9.49. The van der Waals surface area contributed by atoms with Crippen LogP contribution in [0.3, 0.4) is 0 Å². The molecule has 0 aromatic heterocycles. The highest BCUT2D eigenvalue weighted by Crippen LogP contribution is 2.61. The smallest absolute Gasteiger partial charge is 0.256 e. The standard InChI is InChI=1S/C23H30ClN3O5S/c24-17-1-3-19(4-2-17)33(31,32)27-13-18(28)8-20(27)22(30)26-25-21(29)12-23-9-14-5-15(10-23)7-16(6-14)11-23/h1-4,14-16,18,20,28H,5-13H2,(H,25,29)(H,26,30)/t14?,15?,16?,18-,20-,23?/m1/s1. The summed E-state index contributed by atoms with van der Waals surface area (Å²) < 4.78 is 27.1. The van der Waals surface area contributed by atoms with Gasteiger partial charge in [0.25, 0.3) is 5.91 Å². The molecule has 10 heteroatoms. The van der Waals surface area contributed by atoms with Crippen molar-refractivity contribution >= 4 is 33.4 Å². The van der Waals surface area contributed by atoms with Gasteiger partial charge in [-0.05, 0) is 86.0 Å². The van der Waals surface area contributed by atoms with Crippen LogP contribution in [0.15, 0.2) is 29.2 Å². The van der Waals surface area contributed by atoms with Gasteiger partial charge in [0.15, 0.2) is 0 Å².